The van der Waals surface area contributed by atoms with Gasteiger partial charge in [-0.25, -0.2) is 4.39 Å². The number of nitrogens with one attached hydrogen (secondary N) is 1. The molecule has 0 spiro atoms. The molecule has 3 rings (SSSR count). The smallest absolute Gasteiger partial charge is 0.248 e. The Morgan fingerprint density at radius 3 is 2.67 bits per heavy atom. The molecule has 0 radical (unpaired) electrons. The number of fused-ring (bicyclic) bond motifs is 1. The van der Waals surface area contributed by atoms with Crippen LogP contribution in [-0.2, 0) is 4.79 Å². The van der Waals surface area contributed by atoms with Crippen LogP contribution in [0.3, 0.4) is 0 Å². The molecule has 2 aromatic rings. The normalized spacial score (nSPS) is 12.6. The third-order valence-corrected chi connectivity index (χ3v) is 2.94. The van der Waals surface area contributed by atoms with Gasteiger partial charge < -0.3 is 14.8 Å². The molecule has 1 aliphatic heterocycles. The van der Waals surface area contributed by atoms with E-state index in [1.807, 2.05) is 6.07 Å². The first kappa shape index (κ1) is 13.2. The maximum absolute atomic E-state index is 12.8. The Morgan fingerprint density at radius 2 is 1.86 bits per heavy atom. The van der Waals surface area contributed by atoms with Gasteiger partial charge in [-0.05, 0) is 48.0 Å². The van der Waals surface area contributed by atoms with Gasteiger partial charge >= 0.3 is 0 Å². The molecule has 1 N–H and O–H groups in total. The summed E-state index contributed by atoms with van der Waals surface area (Å²) in [6.45, 7) is 0.216. The van der Waals surface area contributed by atoms with E-state index in [0.717, 1.165) is 5.56 Å². The molecule has 0 unspecified atom stereocenters. The fraction of sp³-hybridized carbons (Fsp3) is 0.0625. The van der Waals surface area contributed by atoms with Crippen molar-refractivity contribution in [3.05, 3.63) is 59.9 Å². The minimum Gasteiger partial charge on any atom is -0.454 e. The van der Waals surface area contributed by atoms with Gasteiger partial charge in [-0.1, -0.05) is 6.07 Å². The second kappa shape index (κ2) is 5.66. The van der Waals surface area contributed by atoms with E-state index in [2.05, 4.69) is 5.32 Å². The number of ether oxygens (including phenoxy) is 2. The first-order chi connectivity index (χ1) is 10.2. The molecule has 0 aromatic heterocycles. The van der Waals surface area contributed by atoms with E-state index >= 15 is 0 Å². The van der Waals surface area contributed by atoms with Crippen molar-refractivity contribution < 1.29 is 18.7 Å². The minimum absolute atomic E-state index is 0.216. The molecule has 0 saturated carbocycles. The van der Waals surface area contributed by atoms with Crippen LogP contribution in [0.5, 0.6) is 11.5 Å². The fourth-order valence-corrected chi connectivity index (χ4v) is 1.91. The van der Waals surface area contributed by atoms with Crippen molar-refractivity contribution in [3.63, 3.8) is 0 Å². The van der Waals surface area contributed by atoms with Crippen LogP contribution in [0.25, 0.3) is 6.08 Å². The van der Waals surface area contributed by atoms with E-state index < -0.39 is 0 Å². The number of anilines is 1. The lowest BCUT2D eigenvalue weighted by atomic mass is 10.2. The molecular weight excluding hydrogens is 273 g/mol. The number of rotatable bonds is 3. The average Bonchev–Trinajstić information content (AvgIpc) is 2.95. The third kappa shape index (κ3) is 3.20. The van der Waals surface area contributed by atoms with Gasteiger partial charge in [0.1, 0.15) is 5.82 Å². The van der Waals surface area contributed by atoms with Crippen molar-refractivity contribution in [2.75, 3.05) is 12.1 Å². The molecule has 0 aliphatic carbocycles. The molecule has 1 amide bonds. The minimum atomic E-state index is -0.344. The molecule has 1 aliphatic rings. The largest absolute Gasteiger partial charge is 0.454 e. The molecule has 106 valence electrons. The maximum atomic E-state index is 12.8. The lowest BCUT2D eigenvalue weighted by Gasteiger charge is -2.01. The van der Waals surface area contributed by atoms with Crippen molar-refractivity contribution in [2.24, 2.45) is 0 Å². The van der Waals surface area contributed by atoms with Crippen LogP contribution >= 0.6 is 0 Å². The van der Waals surface area contributed by atoms with Crippen molar-refractivity contribution in [2.45, 2.75) is 0 Å². The summed E-state index contributed by atoms with van der Waals surface area (Å²) in [5.41, 5.74) is 1.37. The van der Waals surface area contributed by atoms with Gasteiger partial charge in [-0.15, -0.1) is 0 Å². The number of benzene rings is 2. The summed E-state index contributed by atoms with van der Waals surface area (Å²) in [7, 11) is 0. The van der Waals surface area contributed by atoms with Gasteiger partial charge in [0.25, 0.3) is 0 Å². The lowest BCUT2D eigenvalue weighted by Crippen LogP contribution is -2.07. The highest BCUT2D eigenvalue weighted by Gasteiger charge is 2.12. The van der Waals surface area contributed by atoms with Gasteiger partial charge in [0.2, 0.25) is 12.7 Å². The van der Waals surface area contributed by atoms with Gasteiger partial charge in [0.05, 0.1) is 0 Å². The van der Waals surface area contributed by atoms with E-state index in [-0.39, 0.29) is 18.5 Å². The van der Waals surface area contributed by atoms with E-state index in [1.165, 1.54) is 30.3 Å². The Kier molecular flexibility index (Phi) is 3.55. The monoisotopic (exact) mass is 285 g/mol. The van der Waals surface area contributed by atoms with Crippen LogP contribution in [0.1, 0.15) is 5.56 Å². The summed E-state index contributed by atoms with van der Waals surface area (Å²) in [5.74, 6) is 0.724. The van der Waals surface area contributed by atoms with Crippen molar-refractivity contribution in [1.82, 2.24) is 0 Å². The van der Waals surface area contributed by atoms with Crippen LogP contribution in [-0.4, -0.2) is 12.7 Å². The first-order valence-corrected chi connectivity index (χ1v) is 6.35. The van der Waals surface area contributed by atoms with Gasteiger partial charge in [-0.3, -0.25) is 4.79 Å². The van der Waals surface area contributed by atoms with Crippen LogP contribution in [0.4, 0.5) is 10.1 Å². The summed E-state index contributed by atoms with van der Waals surface area (Å²) >= 11 is 0. The fourth-order valence-electron chi connectivity index (χ4n) is 1.91. The average molecular weight is 285 g/mol. The standard InChI is InChI=1S/C16H12FNO3/c17-12-3-5-13(6-4-12)18-16(19)8-2-11-1-7-14-15(9-11)21-10-20-14/h1-9H,10H2,(H,18,19). The molecule has 2 aromatic carbocycles. The predicted molar refractivity (Wildman–Crippen MR) is 76.6 cm³/mol. The molecule has 0 saturated heterocycles. The number of hydrogen-bond donors (Lipinski definition) is 1. The van der Waals surface area contributed by atoms with E-state index in [1.54, 1.807) is 18.2 Å². The second-order valence-corrected chi connectivity index (χ2v) is 4.44. The summed E-state index contributed by atoms with van der Waals surface area (Å²) in [5, 5.41) is 2.64. The van der Waals surface area contributed by atoms with Gasteiger partial charge in [0, 0.05) is 11.8 Å². The molecule has 0 fully saturated rings. The Labute approximate surface area is 120 Å². The topological polar surface area (TPSA) is 47.6 Å². The number of carbonyl (C=O) groups is 1. The van der Waals surface area contributed by atoms with Crippen molar-refractivity contribution >= 4 is 17.7 Å². The van der Waals surface area contributed by atoms with Crippen molar-refractivity contribution in [1.29, 1.82) is 0 Å². The van der Waals surface area contributed by atoms with Gasteiger partial charge in [-0.2, -0.15) is 0 Å². The van der Waals surface area contributed by atoms with E-state index in [4.69, 9.17) is 9.47 Å². The maximum Gasteiger partial charge on any atom is 0.248 e. The quantitative estimate of drug-likeness (QED) is 0.881. The van der Waals surface area contributed by atoms with Crippen LogP contribution in [0.15, 0.2) is 48.5 Å². The Bertz CT molecular complexity index is 695. The number of amides is 1. The Morgan fingerprint density at radius 1 is 1.10 bits per heavy atom. The van der Waals surface area contributed by atoms with Gasteiger partial charge in [0.15, 0.2) is 11.5 Å². The van der Waals surface area contributed by atoms with E-state index in [0.29, 0.717) is 17.2 Å². The summed E-state index contributed by atoms with van der Waals surface area (Å²) in [6.07, 6.45) is 3.07. The second-order valence-electron chi connectivity index (χ2n) is 4.44. The van der Waals surface area contributed by atoms with Crippen LogP contribution in [0, 0.1) is 5.82 Å². The van der Waals surface area contributed by atoms with Crippen LogP contribution in [0.2, 0.25) is 0 Å². The third-order valence-electron chi connectivity index (χ3n) is 2.94. The molecule has 0 atom stereocenters. The zero-order chi connectivity index (χ0) is 14.7. The highest BCUT2D eigenvalue weighted by atomic mass is 19.1. The lowest BCUT2D eigenvalue weighted by molar-refractivity contribution is -0.111. The molecule has 5 heteroatoms. The number of halogens is 1. The molecule has 1 heterocycles. The Balaban J connectivity index is 1.65. The van der Waals surface area contributed by atoms with Crippen molar-refractivity contribution in [3.8, 4) is 11.5 Å². The molecule has 21 heavy (non-hydrogen) atoms. The predicted octanol–water partition coefficient (Wildman–Crippen LogP) is 3.21. The molecule has 0 bridgehead atoms. The highest BCUT2D eigenvalue weighted by Crippen LogP contribution is 2.32. The highest BCUT2D eigenvalue weighted by molar-refractivity contribution is 6.01. The number of hydrogen-bond acceptors (Lipinski definition) is 3. The summed E-state index contributed by atoms with van der Waals surface area (Å²) in [4.78, 5) is 11.8. The SMILES string of the molecule is O=C(C=Cc1ccc2c(c1)OCO2)Nc1ccc(F)cc1. The molecular formula is C16H12FNO3. The summed E-state index contributed by atoms with van der Waals surface area (Å²) in [6, 6.07) is 11.0. The first-order valence-electron chi connectivity index (χ1n) is 6.35. The number of carbonyl (C=O) groups excluding carboxylic acids is 1. The zero-order valence-corrected chi connectivity index (χ0v) is 11.0. The Hall–Kier alpha value is -2.82. The zero-order valence-electron chi connectivity index (χ0n) is 11.0. The summed E-state index contributed by atoms with van der Waals surface area (Å²) < 4.78 is 23.2. The van der Waals surface area contributed by atoms with E-state index in [9.17, 15) is 9.18 Å². The van der Waals surface area contributed by atoms with Crippen LogP contribution < -0.4 is 14.8 Å². The molecule has 4 nitrogen and oxygen atoms in total.